The van der Waals surface area contributed by atoms with Gasteiger partial charge >= 0.3 is 0 Å². The lowest BCUT2D eigenvalue weighted by Crippen LogP contribution is -2.13. The van der Waals surface area contributed by atoms with E-state index in [2.05, 4.69) is 39.7 Å². The number of hydrogen-bond donors (Lipinski definition) is 2. The summed E-state index contributed by atoms with van der Waals surface area (Å²) < 4.78 is 0. The van der Waals surface area contributed by atoms with Crippen LogP contribution in [-0.4, -0.2) is 22.4 Å². The average Bonchev–Trinajstić information content (AvgIpc) is 3.08. The number of carbonyl (C=O) groups is 1. The summed E-state index contributed by atoms with van der Waals surface area (Å²) >= 11 is 7.63. The molecule has 0 aliphatic carbocycles. The van der Waals surface area contributed by atoms with Gasteiger partial charge < -0.3 is 10.6 Å². The Bertz CT molecular complexity index is 1180. The molecule has 2 heterocycles. The first kappa shape index (κ1) is 20.3. The number of halogens is 1. The number of nitrogens with zero attached hydrogens (tertiary/aromatic N) is 2. The summed E-state index contributed by atoms with van der Waals surface area (Å²) in [5, 5.41) is 7.90. The molecule has 0 spiro atoms. The number of aromatic nitrogens is 2. The monoisotopic (exact) mass is 436 g/mol. The first-order chi connectivity index (χ1) is 14.6. The highest BCUT2D eigenvalue weighted by Gasteiger charge is 2.16. The Balaban J connectivity index is 1.43. The van der Waals surface area contributed by atoms with Gasteiger partial charge in [-0.3, -0.25) is 4.79 Å². The number of carbonyl (C=O) groups excluding carboxylic acids is 1. The molecule has 7 heteroatoms. The van der Waals surface area contributed by atoms with Crippen LogP contribution in [0.15, 0.2) is 60.9 Å². The Morgan fingerprint density at radius 1 is 1.10 bits per heavy atom. The molecular formula is C23H21ClN4OS. The van der Waals surface area contributed by atoms with E-state index in [4.69, 9.17) is 11.6 Å². The highest BCUT2D eigenvalue weighted by atomic mass is 35.5. The van der Waals surface area contributed by atoms with Crippen molar-refractivity contribution in [2.75, 3.05) is 17.2 Å². The molecule has 2 N–H and O–H groups in total. The number of aryl methyl sites for hydroxylation is 1. The van der Waals surface area contributed by atoms with Crippen molar-refractivity contribution in [3.05, 3.63) is 70.8 Å². The van der Waals surface area contributed by atoms with Crippen molar-refractivity contribution in [2.24, 2.45) is 0 Å². The second-order valence-electron chi connectivity index (χ2n) is 6.89. The largest absolute Gasteiger partial charge is 0.369 e. The zero-order valence-electron chi connectivity index (χ0n) is 16.5. The second kappa shape index (κ2) is 9.24. The highest BCUT2D eigenvalue weighted by molar-refractivity contribution is 7.19. The van der Waals surface area contributed by atoms with Crippen LogP contribution in [0.25, 0.3) is 21.3 Å². The summed E-state index contributed by atoms with van der Waals surface area (Å²) in [5.74, 6) is 0.765. The number of nitrogens with one attached hydrogen (secondary N) is 2. The number of amides is 1. The van der Waals surface area contributed by atoms with E-state index in [0.29, 0.717) is 30.1 Å². The molecule has 0 fully saturated rings. The number of rotatable bonds is 7. The molecule has 0 radical (unpaired) electrons. The maximum atomic E-state index is 12.2. The van der Waals surface area contributed by atoms with Crippen LogP contribution in [0, 0.1) is 6.92 Å². The smallest absolute Gasteiger partial charge is 0.224 e. The molecule has 2 aromatic carbocycles. The summed E-state index contributed by atoms with van der Waals surface area (Å²) in [6.45, 7) is 2.75. The molecule has 1 amide bonds. The topological polar surface area (TPSA) is 66.9 Å². The van der Waals surface area contributed by atoms with Gasteiger partial charge in [0.2, 0.25) is 5.91 Å². The summed E-state index contributed by atoms with van der Waals surface area (Å²) in [6.07, 6.45) is 2.67. The van der Waals surface area contributed by atoms with Crippen LogP contribution in [0.5, 0.6) is 0 Å². The van der Waals surface area contributed by atoms with Gasteiger partial charge in [-0.1, -0.05) is 48.0 Å². The molecule has 4 rings (SSSR count). The number of benzene rings is 2. The summed E-state index contributed by atoms with van der Waals surface area (Å²) in [7, 11) is 0. The SMILES string of the molecule is Cc1sc2ncnc(NCCCC(=O)Nc3cccc(Cl)c3)c2c1-c1ccccc1. The van der Waals surface area contributed by atoms with E-state index in [-0.39, 0.29) is 5.91 Å². The highest BCUT2D eigenvalue weighted by Crippen LogP contribution is 2.40. The minimum absolute atomic E-state index is 0.0387. The summed E-state index contributed by atoms with van der Waals surface area (Å²) in [4.78, 5) is 23.3. The molecule has 5 nitrogen and oxygen atoms in total. The maximum absolute atomic E-state index is 12.2. The molecule has 152 valence electrons. The fourth-order valence-corrected chi connectivity index (χ4v) is 4.58. The van der Waals surface area contributed by atoms with Crippen molar-refractivity contribution in [3.8, 4) is 11.1 Å². The number of anilines is 2. The Morgan fingerprint density at radius 3 is 2.73 bits per heavy atom. The van der Waals surface area contributed by atoms with E-state index in [1.165, 1.54) is 4.88 Å². The normalized spacial score (nSPS) is 10.9. The van der Waals surface area contributed by atoms with Gasteiger partial charge in [-0.05, 0) is 37.1 Å². The van der Waals surface area contributed by atoms with Crippen LogP contribution in [0.3, 0.4) is 0 Å². The Kier molecular flexibility index (Phi) is 6.26. The molecule has 0 atom stereocenters. The molecule has 30 heavy (non-hydrogen) atoms. The van der Waals surface area contributed by atoms with E-state index in [0.717, 1.165) is 27.2 Å². The van der Waals surface area contributed by atoms with Gasteiger partial charge in [0.25, 0.3) is 0 Å². The fraction of sp³-hybridized carbons (Fsp3) is 0.174. The van der Waals surface area contributed by atoms with Gasteiger partial charge in [0.1, 0.15) is 17.0 Å². The third kappa shape index (κ3) is 4.61. The molecule has 0 bridgehead atoms. The number of hydrogen-bond acceptors (Lipinski definition) is 5. The first-order valence-electron chi connectivity index (χ1n) is 9.70. The minimum atomic E-state index is -0.0387. The van der Waals surface area contributed by atoms with Crippen LogP contribution < -0.4 is 10.6 Å². The predicted molar refractivity (Wildman–Crippen MR) is 125 cm³/mol. The molecule has 0 saturated carbocycles. The molecule has 2 aromatic heterocycles. The van der Waals surface area contributed by atoms with Gasteiger partial charge in [0.15, 0.2) is 0 Å². The van der Waals surface area contributed by atoms with Crippen LogP contribution in [0.1, 0.15) is 17.7 Å². The summed E-state index contributed by atoms with van der Waals surface area (Å²) in [5.41, 5.74) is 3.02. The Hall–Kier alpha value is -2.96. The fourth-order valence-electron chi connectivity index (χ4n) is 3.38. The van der Waals surface area contributed by atoms with E-state index in [9.17, 15) is 4.79 Å². The quantitative estimate of drug-likeness (QED) is 0.341. The van der Waals surface area contributed by atoms with E-state index in [1.54, 1.807) is 29.8 Å². The van der Waals surface area contributed by atoms with Crippen molar-refractivity contribution in [1.29, 1.82) is 0 Å². The zero-order chi connectivity index (χ0) is 20.9. The Morgan fingerprint density at radius 2 is 1.93 bits per heavy atom. The van der Waals surface area contributed by atoms with Gasteiger partial charge in [-0.25, -0.2) is 9.97 Å². The molecular weight excluding hydrogens is 416 g/mol. The second-order valence-corrected chi connectivity index (χ2v) is 8.53. The summed E-state index contributed by atoms with van der Waals surface area (Å²) in [6, 6.07) is 17.4. The maximum Gasteiger partial charge on any atom is 0.224 e. The first-order valence-corrected chi connectivity index (χ1v) is 10.9. The predicted octanol–water partition coefficient (Wildman–Crippen LogP) is 6.15. The van der Waals surface area contributed by atoms with Crippen molar-refractivity contribution in [2.45, 2.75) is 19.8 Å². The van der Waals surface area contributed by atoms with Gasteiger partial charge in [-0.2, -0.15) is 0 Å². The third-order valence-electron chi connectivity index (χ3n) is 4.71. The standard InChI is InChI=1S/C23H21ClN4OS/c1-15-20(16-7-3-2-4-8-16)21-22(26-14-27-23(21)30-15)25-12-6-11-19(29)28-18-10-5-9-17(24)13-18/h2-5,7-10,13-14H,6,11-12H2,1H3,(H,28,29)(H,25,26,27). The Labute approximate surface area is 184 Å². The van der Waals surface area contributed by atoms with Crippen molar-refractivity contribution in [1.82, 2.24) is 9.97 Å². The van der Waals surface area contributed by atoms with Gasteiger partial charge in [0, 0.05) is 34.1 Å². The van der Waals surface area contributed by atoms with Gasteiger partial charge in [-0.15, -0.1) is 11.3 Å². The number of fused-ring (bicyclic) bond motifs is 1. The minimum Gasteiger partial charge on any atom is -0.369 e. The van der Waals surface area contributed by atoms with Crippen LogP contribution >= 0.6 is 22.9 Å². The molecule has 0 aliphatic heterocycles. The average molecular weight is 437 g/mol. The van der Waals surface area contributed by atoms with Crippen LogP contribution in [0.2, 0.25) is 5.02 Å². The van der Waals surface area contributed by atoms with E-state index < -0.39 is 0 Å². The van der Waals surface area contributed by atoms with E-state index >= 15 is 0 Å². The molecule has 0 unspecified atom stereocenters. The van der Waals surface area contributed by atoms with Crippen LogP contribution in [-0.2, 0) is 4.79 Å². The lowest BCUT2D eigenvalue weighted by Gasteiger charge is -2.09. The van der Waals surface area contributed by atoms with Crippen molar-refractivity contribution in [3.63, 3.8) is 0 Å². The third-order valence-corrected chi connectivity index (χ3v) is 5.96. The van der Waals surface area contributed by atoms with E-state index in [1.807, 2.05) is 30.3 Å². The van der Waals surface area contributed by atoms with Crippen LogP contribution in [0.4, 0.5) is 11.5 Å². The van der Waals surface area contributed by atoms with Crippen molar-refractivity contribution < 1.29 is 4.79 Å². The molecule has 0 aliphatic rings. The van der Waals surface area contributed by atoms with Gasteiger partial charge in [0.05, 0.1) is 5.39 Å². The molecule has 0 saturated heterocycles. The lowest BCUT2D eigenvalue weighted by atomic mass is 10.0. The lowest BCUT2D eigenvalue weighted by molar-refractivity contribution is -0.116. The molecule has 4 aromatic rings. The van der Waals surface area contributed by atoms with Crippen molar-refractivity contribution >= 4 is 50.6 Å². The number of thiophene rings is 1. The zero-order valence-corrected chi connectivity index (χ0v) is 18.1.